The Kier molecular flexibility index (Phi) is 38.0. The summed E-state index contributed by atoms with van der Waals surface area (Å²) in [5.41, 5.74) is 0. The number of carbonyl (C=O) groups excluding carboxylic acids is 1. The Bertz CT molecular complexity index is 911. The average Bonchev–Trinajstić information content (AvgIpc) is 3.23. The van der Waals surface area contributed by atoms with Crippen molar-refractivity contribution in [1.82, 2.24) is 5.32 Å². The Morgan fingerprint density at radius 3 is 1.25 bits per heavy atom. The Hall–Kier alpha value is -0.850. The summed E-state index contributed by atoms with van der Waals surface area (Å²) in [6.45, 7) is 3.60. The molecule has 7 N–H and O–H groups in total. The molecular formula is C49H97NO9. The van der Waals surface area contributed by atoms with Gasteiger partial charge in [-0.25, -0.2) is 0 Å². The van der Waals surface area contributed by atoms with Gasteiger partial charge in [0.2, 0.25) is 5.91 Å². The third-order valence-electron chi connectivity index (χ3n) is 12.6. The van der Waals surface area contributed by atoms with E-state index in [0.29, 0.717) is 6.42 Å². The van der Waals surface area contributed by atoms with Gasteiger partial charge in [-0.2, -0.15) is 0 Å². The van der Waals surface area contributed by atoms with Crippen LogP contribution in [0.15, 0.2) is 0 Å². The lowest BCUT2D eigenvalue weighted by Gasteiger charge is -2.40. The summed E-state index contributed by atoms with van der Waals surface area (Å²) in [4.78, 5) is 13.0. The molecule has 1 fully saturated rings. The Morgan fingerprint density at radius 2 is 0.881 bits per heavy atom. The summed E-state index contributed by atoms with van der Waals surface area (Å²) in [5, 5.41) is 65.1. The van der Waals surface area contributed by atoms with Gasteiger partial charge in [0.15, 0.2) is 6.29 Å². The highest BCUT2D eigenvalue weighted by atomic mass is 16.7. The maximum atomic E-state index is 13.0. The molecule has 0 aliphatic carbocycles. The third-order valence-corrected chi connectivity index (χ3v) is 12.6. The number of hydrogen-bond donors (Lipinski definition) is 7. The van der Waals surface area contributed by atoms with Crippen LogP contribution >= 0.6 is 0 Å². The molecule has 2 unspecified atom stereocenters. The van der Waals surface area contributed by atoms with E-state index in [1.54, 1.807) is 0 Å². The maximum Gasteiger partial charge on any atom is 0.220 e. The first-order valence-electron chi connectivity index (χ1n) is 25.3. The Balaban J connectivity index is 2.21. The molecule has 1 saturated heterocycles. The average molecular weight is 844 g/mol. The van der Waals surface area contributed by atoms with E-state index in [0.717, 1.165) is 44.9 Å². The van der Waals surface area contributed by atoms with Crippen molar-refractivity contribution < 1.29 is 44.9 Å². The van der Waals surface area contributed by atoms with Gasteiger partial charge < -0.3 is 45.4 Å². The quantitative estimate of drug-likeness (QED) is 0.0296. The first-order valence-corrected chi connectivity index (χ1v) is 25.3. The van der Waals surface area contributed by atoms with Gasteiger partial charge in [-0.15, -0.1) is 0 Å². The molecule has 1 aliphatic heterocycles. The van der Waals surface area contributed by atoms with Crippen LogP contribution in [0.25, 0.3) is 0 Å². The highest BCUT2D eigenvalue weighted by Crippen LogP contribution is 2.23. The number of ether oxygens (including phenoxy) is 2. The van der Waals surface area contributed by atoms with E-state index >= 15 is 0 Å². The molecule has 1 aliphatic rings. The zero-order chi connectivity index (χ0) is 43.2. The lowest BCUT2D eigenvalue weighted by Crippen LogP contribution is -2.60. The van der Waals surface area contributed by atoms with Gasteiger partial charge in [-0.3, -0.25) is 4.79 Å². The van der Waals surface area contributed by atoms with Gasteiger partial charge >= 0.3 is 0 Å². The number of aliphatic hydroxyl groups excluding tert-OH is 6. The molecule has 0 radical (unpaired) electrons. The monoisotopic (exact) mass is 844 g/mol. The normalized spacial score (nSPS) is 21.1. The van der Waals surface area contributed by atoms with Crippen LogP contribution in [-0.4, -0.2) is 98.7 Å². The summed E-state index contributed by atoms with van der Waals surface area (Å²) < 4.78 is 11.2. The van der Waals surface area contributed by atoms with E-state index in [2.05, 4.69) is 19.2 Å². The van der Waals surface area contributed by atoms with E-state index < -0.39 is 55.6 Å². The third kappa shape index (κ3) is 30.0. The number of rotatable bonds is 43. The molecule has 0 spiro atoms. The van der Waals surface area contributed by atoms with E-state index in [4.69, 9.17) is 9.47 Å². The number of aliphatic hydroxyl groups is 6. The van der Waals surface area contributed by atoms with Crippen LogP contribution in [0, 0.1) is 0 Å². The maximum absolute atomic E-state index is 13.0. The van der Waals surface area contributed by atoms with Crippen molar-refractivity contribution >= 4 is 5.91 Å². The fourth-order valence-corrected chi connectivity index (χ4v) is 8.44. The molecule has 1 heterocycles. The number of carbonyl (C=O) groups is 1. The second kappa shape index (κ2) is 40.0. The summed E-state index contributed by atoms with van der Waals surface area (Å²) >= 11 is 0. The molecule has 0 saturated carbocycles. The zero-order valence-corrected chi connectivity index (χ0v) is 38.4. The molecule has 8 atom stereocenters. The second-order valence-corrected chi connectivity index (χ2v) is 18.1. The fourth-order valence-electron chi connectivity index (χ4n) is 8.44. The van der Waals surface area contributed by atoms with Gasteiger partial charge in [-0.05, 0) is 12.8 Å². The minimum Gasteiger partial charge on any atom is -0.394 e. The van der Waals surface area contributed by atoms with E-state index in [9.17, 15) is 35.4 Å². The van der Waals surface area contributed by atoms with Crippen LogP contribution in [0.2, 0.25) is 0 Å². The van der Waals surface area contributed by atoms with Gasteiger partial charge in [0.1, 0.15) is 30.5 Å². The highest BCUT2D eigenvalue weighted by Gasteiger charge is 2.44. The van der Waals surface area contributed by atoms with Crippen molar-refractivity contribution in [3.63, 3.8) is 0 Å². The SMILES string of the molecule is CCCCCCCCCCCCCCCCCCCCCCCCCCCC(=O)N[C@@H](CO[C@@H]1O[C@H](CO)[C@H](O)C(O)C1O)[C@H](O)[C@H](O)CCCCCCCCCCC. The molecule has 10 nitrogen and oxygen atoms in total. The summed E-state index contributed by atoms with van der Waals surface area (Å²) in [6.07, 6.45) is 34.2. The summed E-state index contributed by atoms with van der Waals surface area (Å²) in [6, 6.07) is -0.984. The van der Waals surface area contributed by atoms with Gasteiger partial charge in [-0.1, -0.05) is 226 Å². The minimum absolute atomic E-state index is 0.254. The van der Waals surface area contributed by atoms with E-state index in [1.807, 2.05) is 0 Å². The van der Waals surface area contributed by atoms with Crippen LogP contribution in [-0.2, 0) is 14.3 Å². The minimum atomic E-state index is -1.60. The van der Waals surface area contributed by atoms with Crippen molar-refractivity contribution in [3.05, 3.63) is 0 Å². The lowest BCUT2D eigenvalue weighted by atomic mass is 9.98. The number of nitrogens with one attached hydrogen (secondary N) is 1. The molecule has 10 heteroatoms. The molecule has 352 valence electrons. The van der Waals surface area contributed by atoms with Gasteiger partial charge in [0.25, 0.3) is 0 Å². The largest absolute Gasteiger partial charge is 0.394 e. The molecule has 0 aromatic carbocycles. The zero-order valence-electron chi connectivity index (χ0n) is 38.4. The predicted molar refractivity (Wildman–Crippen MR) is 241 cm³/mol. The number of hydrogen-bond acceptors (Lipinski definition) is 9. The Morgan fingerprint density at radius 1 is 0.525 bits per heavy atom. The van der Waals surface area contributed by atoms with Crippen LogP contribution < -0.4 is 5.32 Å². The standard InChI is InChI=1S/C49H97NO9/c1-3-5-7-9-11-13-14-15-16-17-18-19-20-21-22-23-24-25-26-27-28-30-32-34-36-38-44(53)50-41(40-58-49-48(57)47(56)46(55)43(39-51)59-49)45(54)42(52)37-35-33-31-29-12-10-8-6-4-2/h41-43,45-49,51-52,54-57H,3-40H2,1-2H3,(H,50,53)/t41-,42+,43+,45-,46-,47?,48?,49+/m0/s1. The number of amides is 1. The van der Waals surface area contributed by atoms with E-state index in [1.165, 1.54) is 173 Å². The molecule has 59 heavy (non-hydrogen) atoms. The molecule has 1 amide bonds. The second-order valence-electron chi connectivity index (χ2n) is 18.1. The summed E-state index contributed by atoms with van der Waals surface area (Å²) in [5.74, 6) is -0.254. The fraction of sp³-hybridized carbons (Fsp3) is 0.980. The topological polar surface area (TPSA) is 169 Å². The van der Waals surface area contributed by atoms with Crippen molar-refractivity contribution in [1.29, 1.82) is 0 Å². The predicted octanol–water partition coefficient (Wildman–Crippen LogP) is 10.1. The molecular weight excluding hydrogens is 747 g/mol. The van der Waals surface area contributed by atoms with Crippen molar-refractivity contribution in [3.8, 4) is 0 Å². The van der Waals surface area contributed by atoms with Crippen LogP contribution in [0.4, 0.5) is 0 Å². The molecule has 0 aromatic heterocycles. The highest BCUT2D eigenvalue weighted by molar-refractivity contribution is 5.76. The van der Waals surface area contributed by atoms with Crippen molar-refractivity contribution in [2.24, 2.45) is 0 Å². The van der Waals surface area contributed by atoms with Crippen LogP contribution in [0.1, 0.15) is 245 Å². The molecule has 0 aromatic rings. The van der Waals surface area contributed by atoms with Gasteiger partial charge in [0.05, 0.1) is 25.4 Å². The van der Waals surface area contributed by atoms with Crippen molar-refractivity contribution in [2.75, 3.05) is 13.2 Å². The van der Waals surface area contributed by atoms with Crippen LogP contribution in [0.3, 0.4) is 0 Å². The molecule has 0 bridgehead atoms. The van der Waals surface area contributed by atoms with Gasteiger partial charge in [0, 0.05) is 6.42 Å². The Labute approximate surface area is 362 Å². The van der Waals surface area contributed by atoms with Crippen LogP contribution in [0.5, 0.6) is 0 Å². The molecule has 1 rings (SSSR count). The smallest absolute Gasteiger partial charge is 0.220 e. The first kappa shape index (κ1) is 56.2. The lowest BCUT2D eigenvalue weighted by molar-refractivity contribution is -0.303. The number of unbranched alkanes of at least 4 members (excludes halogenated alkanes) is 32. The summed E-state index contributed by atoms with van der Waals surface area (Å²) in [7, 11) is 0. The van der Waals surface area contributed by atoms with Crippen molar-refractivity contribution in [2.45, 2.75) is 294 Å². The first-order chi connectivity index (χ1) is 28.8. The van der Waals surface area contributed by atoms with E-state index in [-0.39, 0.29) is 18.9 Å².